The van der Waals surface area contributed by atoms with Crippen LogP contribution in [0, 0.1) is 0 Å². The van der Waals surface area contributed by atoms with Crippen molar-refractivity contribution in [2.24, 2.45) is 0 Å². The Morgan fingerprint density at radius 3 is 2.48 bits per heavy atom. The number of aromatic nitrogens is 2. The zero-order valence-corrected chi connectivity index (χ0v) is 13.3. The fourth-order valence-corrected chi connectivity index (χ4v) is 4.62. The minimum atomic E-state index is -3.70. The molecule has 23 heavy (non-hydrogen) atoms. The highest BCUT2D eigenvalue weighted by atomic mass is 32.2. The molecule has 0 N–H and O–H groups in total. The van der Waals surface area contributed by atoms with Gasteiger partial charge in [0.25, 0.3) is 0 Å². The summed E-state index contributed by atoms with van der Waals surface area (Å²) in [5.74, 6) is 0. The van der Waals surface area contributed by atoms with Crippen molar-refractivity contribution >= 4 is 31.4 Å². The van der Waals surface area contributed by atoms with Crippen LogP contribution < -0.4 is 0 Å². The molecule has 4 aromatic rings. The van der Waals surface area contributed by atoms with E-state index in [-0.39, 0.29) is 15.5 Å². The first-order chi connectivity index (χ1) is 11.2. The minimum Gasteiger partial charge on any atom is -0.363 e. The topological polar surface area (TPSA) is 73.1 Å². The molecule has 0 aliphatic carbocycles. The zero-order chi connectivity index (χ0) is 15.9. The molecule has 0 aliphatic rings. The van der Waals surface area contributed by atoms with Crippen molar-refractivity contribution in [3.8, 4) is 10.7 Å². The van der Waals surface area contributed by atoms with Gasteiger partial charge < -0.3 is 4.52 Å². The van der Waals surface area contributed by atoms with Crippen LogP contribution in [-0.2, 0) is 9.84 Å². The number of nitrogens with zero attached hydrogens (tertiary/aromatic N) is 2. The van der Waals surface area contributed by atoms with Gasteiger partial charge in [-0.2, -0.15) is 0 Å². The number of rotatable bonds is 3. The highest BCUT2D eigenvalue weighted by Crippen LogP contribution is 2.35. The first kappa shape index (κ1) is 14.1. The molecule has 0 unspecified atom stereocenters. The van der Waals surface area contributed by atoms with Gasteiger partial charge in [-0.1, -0.05) is 35.5 Å². The summed E-state index contributed by atoms with van der Waals surface area (Å²) in [6.07, 6.45) is 1.16. The van der Waals surface area contributed by atoms with Crippen molar-refractivity contribution in [2.45, 2.75) is 9.79 Å². The van der Waals surface area contributed by atoms with Gasteiger partial charge in [0.05, 0.1) is 15.1 Å². The Kier molecular flexibility index (Phi) is 3.24. The summed E-state index contributed by atoms with van der Waals surface area (Å²) >= 11 is 1.38. The normalized spacial score (nSPS) is 11.8. The van der Waals surface area contributed by atoms with E-state index in [0.29, 0.717) is 5.01 Å². The van der Waals surface area contributed by atoms with Gasteiger partial charge in [0.15, 0.2) is 5.69 Å². The van der Waals surface area contributed by atoms with Crippen LogP contribution >= 0.6 is 11.3 Å². The van der Waals surface area contributed by atoms with E-state index in [1.807, 2.05) is 24.3 Å². The van der Waals surface area contributed by atoms with E-state index in [1.165, 1.54) is 11.3 Å². The second-order valence-electron chi connectivity index (χ2n) is 4.83. The van der Waals surface area contributed by atoms with Crippen LogP contribution in [0.25, 0.3) is 20.9 Å². The fourth-order valence-electron chi connectivity index (χ4n) is 2.26. The van der Waals surface area contributed by atoms with Crippen LogP contribution in [0.3, 0.4) is 0 Å². The third-order valence-electron chi connectivity index (χ3n) is 3.38. The van der Waals surface area contributed by atoms with E-state index in [2.05, 4.69) is 10.1 Å². The van der Waals surface area contributed by atoms with Crippen molar-refractivity contribution in [1.29, 1.82) is 0 Å². The van der Waals surface area contributed by atoms with Gasteiger partial charge in [-0.05, 0) is 24.3 Å². The maximum atomic E-state index is 12.8. The molecule has 114 valence electrons. The number of hydrogen-bond acceptors (Lipinski definition) is 6. The molecule has 0 bridgehead atoms. The van der Waals surface area contributed by atoms with Crippen LogP contribution in [-0.4, -0.2) is 18.6 Å². The maximum absolute atomic E-state index is 12.8. The van der Waals surface area contributed by atoms with Crippen molar-refractivity contribution < 1.29 is 12.9 Å². The molecule has 2 aromatic heterocycles. The summed E-state index contributed by atoms with van der Waals surface area (Å²) in [6.45, 7) is 0. The Bertz CT molecular complexity index is 1050. The van der Waals surface area contributed by atoms with Gasteiger partial charge in [-0.25, -0.2) is 13.4 Å². The molecule has 0 saturated heterocycles. The van der Waals surface area contributed by atoms with Gasteiger partial charge in [0.2, 0.25) is 9.84 Å². The average molecular weight is 342 g/mol. The molecule has 5 nitrogen and oxygen atoms in total. The van der Waals surface area contributed by atoms with Crippen LogP contribution in [0.5, 0.6) is 0 Å². The maximum Gasteiger partial charge on any atom is 0.212 e. The lowest BCUT2D eigenvalue weighted by molar-refractivity contribution is 0.420. The van der Waals surface area contributed by atoms with Gasteiger partial charge in [0.1, 0.15) is 16.2 Å². The number of benzene rings is 2. The minimum absolute atomic E-state index is 0.0303. The summed E-state index contributed by atoms with van der Waals surface area (Å²) < 4.78 is 31.5. The Hall–Kier alpha value is -2.51. The molecule has 0 aliphatic heterocycles. The first-order valence-corrected chi connectivity index (χ1v) is 9.07. The molecule has 0 amide bonds. The molecular weight excluding hydrogens is 332 g/mol. The summed E-state index contributed by atoms with van der Waals surface area (Å²) in [6, 6.07) is 15.8. The molecule has 7 heteroatoms. The summed E-state index contributed by atoms with van der Waals surface area (Å²) in [5, 5.41) is 4.39. The SMILES string of the molecule is O=S(=O)(c1ccccc1)c1conc1-c1nc2ccccc2s1. The Morgan fingerprint density at radius 2 is 1.70 bits per heavy atom. The quantitative estimate of drug-likeness (QED) is 0.566. The van der Waals surface area contributed by atoms with Crippen molar-refractivity contribution in [3.63, 3.8) is 0 Å². The number of hydrogen-bond donors (Lipinski definition) is 0. The van der Waals surface area contributed by atoms with E-state index >= 15 is 0 Å². The molecule has 2 heterocycles. The van der Waals surface area contributed by atoms with E-state index in [4.69, 9.17) is 4.52 Å². The van der Waals surface area contributed by atoms with Gasteiger partial charge >= 0.3 is 0 Å². The van der Waals surface area contributed by atoms with Crippen LogP contribution in [0.4, 0.5) is 0 Å². The molecule has 4 rings (SSSR count). The Balaban J connectivity index is 1.89. The second-order valence-corrected chi connectivity index (χ2v) is 7.78. The smallest absolute Gasteiger partial charge is 0.212 e. The van der Waals surface area contributed by atoms with Gasteiger partial charge in [-0.15, -0.1) is 11.3 Å². The lowest BCUT2D eigenvalue weighted by atomic mass is 10.3. The summed E-state index contributed by atoms with van der Waals surface area (Å²) in [4.78, 5) is 4.68. The van der Waals surface area contributed by atoms with E-state index < -0.39 is 9.84 Å². The van der Waals surface area contributed by atoms with Crippen LogP contribution in [0.2, 0.25) is 0 Å². The fraction of sp³-hybridized carbons (Fsp3) is 0. The molecular formula is C16H10N2O3S2. The Morgan fingerprint density at radius 1 is 0.957 bits per heavy atom. The molecule has 0 fully saturated rings. The van der Waals surface area contributed by atoms with Crippen molar-refractivity contribution in [3.05, 3.63) is 60.9 Å². The number of para-hydroxylation sites is 1. The third kappa shape index (κ3) is 2.34. The Labute approximate surface area is 136 Å². The predicted molar refractivity (Wildman–Crippen MR) is 87.0 cm³/mol. The lowest BCUT2D eigenvalue weighted by Crippen LogP contribution is -2.02. The largest absolute Gasteiger partial charge is 0.363 e. The third-order valence-corrected chi connectivity index (χ3v) is 6.18. The van der Waals surface area contributed by atoms with Crippen LogP contribution in [0.1, 0.15) is 0 Å². The molecule has 0 saturated carbocycles. The number of fused-ring (bicyclic) bond motifs is 1. The lowest BCUT2D eigenvalue weighted by Gasteiger charge is -2.01. The summed E-state index contributed by atoms with van der Waals surface area (Å²) in [7, 11) is -3.70. The van der Waals surface area contributed by atoms with Crippen molar-refractivity contribution in [1.82, 2.24) is 10.1 Å². The summed E-state index contributed by atoms with van der Waals surface area (Å²) in [5.41, 5.74) is 1.05. The monoisotopic (exact) mass is 342 g/mol. The van der Waals surface area contributed by atoms with Gasteiger partial charge in [0, 0.05) is 0 Å². The second kappa shape index (κ2) is 5.29. The first-order valence-electron chi connectivity index (χ1n) is 6.77. The zero-order valence-electron chi connectivity index (χ0n) is 11.7. The average Bonchev–Trinajstić information content (AvgIpc) is 3.22. The highest BCUT2D eigenvalue weighted by Gasteiger charge is 2.27. The highest BCUT2D eigenvalue weighted by molar-refractivity contribution is 7.91. The van der Waals surface area contributed by atoms with E-state index in [0.717, 1.165) is 16.5 Å². The van der Waals surface area contributed by atoms with Crippen molar-refractivity contribution in [2.75, 3.05) is 0 Å². The molecule has 0 atom stereocenters. The molecule has 0 spiro atoms. The predicted octanol–water partition coefficient (Wildman–Crippen LogP) is 3.78. The van der Waals surface area contributed by atoms with E-state index in [9.17, 15) is 8.42 Å². The molecule has 0 radical (unpaired) electrons. The number of sulfone groups is 1. The molecule has 2 aromatic carbocycles. The standard InChI is InChI=1S/C16H10N2O3S2/c19-23(20,11-6-2-1-3-7-11)14-10-21-18-15(14)16-17-12-8-4-5-9-13(12)22-16/h1-10H. The van der Waals surface area contributed by atoms with Gasteiger partial charge in [-0.3, -0.25) is 0 Å². The van der Waals surface area contributed by atoms with Crippen LogP contribution in [0.15, 0.2) is 75.2 Å². The van der Waals surface area contributed by atoms with E-state index in [1.54, 1.807) is 30.3 Å². The number of thiazole rings is 1.